The monoisotopic (exact) mass is 323 g/mol. The highest BCUT2D eigenvalue weighted by Crippen LogP contribution is 2.28. The van der Waals surface area contributed by atoms with E-state index in [4.69, 9.17) is 0 Å². The van der Waals surface area contributed by atoms with E-state index in [1.54, 1.807) is 11.0 Å². The van der Waals surface area contributed by atoms with Gasteiger partial charge in [0.2, 0.25) is 0 Å². The van der Waals surface area contributed by atoms with Crippen molar-refractivity contribution in [3.63, 3.8) is 0 Å². The summed E-state index contributed by atoms with van der Waals surface area (Å²) in [4.78, 5) is 27.3. The Kier molecular flexibility index (Phi) is 4.24. The first-order valence-corrected chi connectivity index (χ1v) is 8.21. The van der Waals surface area contributed by atoms with Gasteiger partial charge in [-0.15, -0.1) is 0 Å². The van der Waals surface area contributed by atoms with E-state index < -0.39 is 11.7 Å². The molecule has 0 fully saturated rings. The van der Waals surface area contributed by atoms with Crippen molar-refractivity contribution in [1.82, 2.24) is 0 Å². The minimum Gasteiger partial charge on any atom is -0.316 e. The normalized spacial score (nSPS) is 14.9. The number of amides is 1. The van der Waals surface area contributed by atoms with Crippen molar-refractivity contribution in [1.29, 1.82) is 0 Å². The molecule has 0 saturated heterocycles. The lowest BCUT2D eigenvalue weighted by atomic mass is 10.1. The number of aryl methyl sites for hydroxylation is 3. The molecule has 2 aromatic rings. The Morgan fingerprint density at radius 3 is 2.33 bits per heavy atom. The summed E-state index contributed by atoms with van der Waals surface area (Å²) in [6, 6.07) is 12.0. The largest absolute Gasteiger partial charge is 0.316 e. The molecule has 1 unspecified atom stereocenters. The molecule has 3 rings (SSSR count). The Morgan fingerprint density at radius 2 is 1.62 bits per heavy atom. The minimum atomic E-state index is -0.421. The van der Waals surface area contributed by atoms with Gasteiger partial charge in [0.1, 0.15) is 6.54 Å². The van der Waals surface area contributed by atoms with Gasteiger partial charge in [0.05, 0.1) is 18.3 Å². The molecule has 1 heterocycles. The van der Waals surface area contributed by atoms with Crippen LogP contribution < -0.4 is 9.80 Å². The zero-order valence-electron chi connectivity index (χ0n) is 14.6. The second-order valence-electron chi connectivity index (χ2n) is 6.80. The number of nitrogens with one attached hydrogen (secondary N) is 1. The topological polar surface area (TPSA) is 41.8 Å². The maximum absolute atomic E-state index is 12.3. The lowest BCUT2D eigenvalue weighted by Crippen LogP contribution is -3.09. The Bertz CT molecular complexity index is 826. The molecule has 0 radical (unpaired) electrons. The number of rotatable bonds is 4. The summed E-state index contributed by atoms with van der Waals surface area (Å²) in [5.74, 6) is -0.816. The van der Waals surface area contributed by atoms with Crippen LogP contribution >= 0.6 is 0 Å². The van der Waals surface area contributed by atoms with Gasteiger partial charge in [-0.05, 0) is 38.5 Å². The molecule has 1 aliphatic rings. The van der Waals surface area contributed by atoms with Gasteiger partial charge in [-0.2, -0.15) is 0 Å². The van der Waals surface area contributed by atoms with Crippen LogP contribution in [0.2, 0.25) is 0 Å². The molecule has 0 aromatic heterocycles. The fourth-order valence-electron chi connectivity index (χ4n) is 3.27. The van der Waals surface area contributed by atoms with Gasteiger partial charge in [-0.3, -0.25) is 14.5 Å². The van der Waals surface area contributed by atoms with Crippen molar-refractivity contribution in [3.8, 4) is 0 Å². The van der Waals surface area contributed by atoms with Crippen molar-refractivity contribution in [3.05, 3.63) is 64.2 Å². The van der Waals surface area contributed by atoms with Crippen LogP contribution in [0.3, 0.4) is 0 Å². The third-order valence-electron chi connectivity index (χ3n) is 4.55. The second-order valence-corrected chi connectivity index (χ2v) is 6.80. The summed E-state index contributed by atoms with van der Waals surface area (Å²) in [7, 11) is 2.04. The van der Waals surface area contributed by atoms with E-state index in [1.165, 1.54) is 16.7 Å². The van der Waals surface area contributed by atoms with Crippen LogP contribution in [0.1, 0.15) is 32.6 Å². The van der Waals surface area contributed by atoms with Gasteiger partial charge >= 0.3 is 5.91 Å². The molecule has 4 nitrogen and oxygen atoms in total. The zero-order valence-corrected chi connectivity index (χ0v) is 14.6. The summed E-state index contributed by atoms with van der Waals surface area (Å²) in [6.07, 6.45) is 0. The highest BCUT2D eigenvalue weighted by atomic mass is 16.2. The summed E-state index contributed by atoms with van der Waals surface area (Å²) in [5.41, 5.74) is 6.02. The van der Waals surface area contributed by atoms with E-state index in [9.17, 15) is 9.59 Å². The van der Waals surface area contributed by atoms with Crippen LogP contribution in [0, 0.1) is 20.8 Å². The number of carbonyl (C=O) groups is 2. The number of hydrogen-bond donors (Lipinski definition) is 1. The van der Waals surface area contributed by atoms with Gasteiger partial charge in [0.15, 0.2) is 6.67 Å². The number of quaternary nitrogens is 1. The predicted molar refractivity (Wildman–Crippen MR) is 94.4 cm³/mol. The fourth-order valence-corrected chi connectivity index (χ4v) is 3.27. The number of carbonyl (C=O) groups excluding carboxylic acids is 2. The number of anilines is 1. The van der Waals surface area contributed by atoms with Crippen molar-refractivity contribution in [2.24, 2.45) is 0 Å². The third kappa shape index (κ3) is 2.97. The molecule has 0 spiro atoms. The summed E-state index contributed by atoms with van der Waals surface area (Å²) in [5, 5.41) is 0. The Morgan fingerprint density at radius 1 is 0.958 bits per heavy atom. The molecule has 1 N–H and O–H groups in total. The standard InChI is InChI=1S/C20H22N2O2/c1-13-5-7-16(15(3)9-13)11-21(4)12-22-18-8-6-14(2)10-17(18)19(23)20(22)24/h5-10H,11-12H2,1-4H3/p+1. The first-order valence-electron chi connectivity index (χ1n) is 8.21. The predicted octanol–water partition coefficient (Wildman–Crippen LogP) is 1.81. The van der Waals surface area contributed by atoms with Gasteiger partial charge < -0.3 is 4.90 Å². The van der Waals surface area contributed by atoms with E-state index in [0.717, 1.165) is 22.7 Å². The second kappa shape index (κ2) is 6.21. The van der Waals surface area contributed by atoms with E-state index in [0.29, 0.717) is 12.2 Å². The molecule has 0 aliphatic carbocycles. The SMILES string of the molecule is Cc1ccc(C[NH+](C)CN2C(=O)C(=O)c3cc(C)ccc32)c(C)c1. The highest BCUT2D eigenvalue weighted by Gasteiger charge is 2.37. The lowest BCUT2D eigenvalue weighted by molar-refractivity contribution is -0.892. The van der Waals surface area contributed by atoms with Gasteiger partial charge in [-0.1, -0.05) is 35.4 Å². The number of fused-ring (bicyclic) bond motifs is 1. The Balaban J connectivity index is 1.79. The van der Waals surface area contributed by atoms with Crippen molar-refractivity contribution in [2.75, 3.05) is 18.6 Å². The van der Waals surface area contributed by atoms with Crippen LogP contribution in [-0.4, -0.2) is 25.4 Å². The molecular formula is C20H23N2O2+. The smallest absolute Gasteiger partial charge is 0.303 e. The molecule has 1 atom stereocenters. The average Bonchev–Trinajstić information content (AvgIpc) is 2.75. The first kappa shape index (κ1) is 16.4. The molecule has 24 heavy (non-hydrogen) atoms. The molecular weight excluding hydrogens is 300 g/mol. The summed E-state index contributed by atoms with van der Waals surface area (Å²) < 4.78 is 0. The van der Waals surface area contributed by atoms with Crippen LogP contribution in [-0.2, 0) is 11.3 Å². The highest BCUT2D eigenvalue weighted by molar-refractivity contribution is 6.52. The number of Topliss-reactive ketones (excluding diaryl/α,β-unsaturated/α-hetero) is 1. The van der Waals surface area contributed by atoms with Gasteiger partial charge in [0, 0.05) is 5.56 Å². The van der Waals surface area contributed by atoms with Crippen LogP contribution in [0.15, 0.2) is 36.4 Å². The maximum atomic E-state index is 12.3. The summed E-state index contributed by atoms with van der Waals surface area (Å²) >= 11 is 0. The number of nitrogens with zero attached hydrogens (tertiary/aromatic N) is 1. The maximum Gasteiger partial charge on any atom is 0.303 e. The minimum absolute atomic E-state index is 0.395. The van der Waals surface area contributed by atoms with Crippen LogP contribution in [0.4, 0.5) is 5.69 Å². The third-order valence-corrected chi connectivity index (χ3v) is 4.55. The van der Waals surface area contributed by atoms with Crippen LogP contribution in [0.25, 0.3) is 0 Å². The van der Waals surface area contributed by atoms with Crippen molar-refractivity contribution in [2.45, 2.75) is 27.3 Å². The number of hydrogen-bond acceptors (Lipinski definition) is 2. The van der Waals surface area contributed by atoms with E-state index in [1.807, 2.05) is 26.1 Å². The first-order chi connectivity index (χ1) is 11.4. The quantitative estimate of drug-likeness (QED) is 0.872. The molecule has 2 aromatic carbocycles. The van der Waals surface area contributed by atoms with Gasteiger partial charge in [-0.25, -0.2) is 0 Å². The zero-order chi connectivity index (χ0) is 17.4. The molecule has 4 heteroatoms. The number of benzene rings is 2. The Hall–Kier alpha value is -2.46. The number of ketones is 1. The van der Waals surface area contributed by atoms with E-state index >= 15 is 0 Å². The van der Waals surface area contributed by atoms with Crippen LogP contribution in [0.5, 0.6) is 0 Å². The molecule has 1 amide bonds. The Labute approximate surface area is 142 Å². The van der Waals surface area contributed by atoms with E-state index in [-0.39, 0.29) is 0 Å². The summed E-state index contributed by atoms with van der Waals surface area (Å²) in [6.45, 7) is 7.41. The molecule has 1 aliphatic heterocycles. The molecule has 0 saturated carbocycles. The molecule has 0 bridgehead atoms. The average molecular weight is 323 g/mol. The van der Waals surface area contributed by atoms with Gasteiger partial charge in [0.25, 0.3) is 5.78 Å². The fraction of sp³-hybridized carbons (Fsp3) is 0.300. The molecule has 124 valence electrons. The van der Waals surface area contributed by atoms with E-state index in [2.05, 4.69) is 32.0 Å². The van der Waals surface area contributed by atoms with Crippen molar-refractivity contribution >= 4 is 17.4 Å². The lowest BCUT2D eigenvalue weighted by Gasteiger charge is -2.22. The van der Waals surface area contributed by atoms with Crippen molar-refractivity contribution < 1.29 is 14.5 Å².